The highest BCUT2D eigenvalue weighted by Gasteiger charge is 2.23. The number of nitrogens with two attached hydrogens (primary N) is 1. The van der Waals surface area contributed by atoms with Crippen LogP contribution < -0.4 is 5.73 Å². The maximum Gasteiger partial charge on any atom is 0.319 e. The lowest BCUT2D eigenvalue weighted by Gasteiger charge is -2.34. The Morgan fingerprint density at radius 1 is 1.36 bits per heavy atom. The molecule has 0 saturated carbocycles. The molecule has 0 aromatic carbocycles. The first kappa shape index (κ1) is 11.3. The number of likely N-dealkylation sites (tertiary alicyclic amines) is 1. The molecule has 1 fully saturated rings. The Hall–Kier alpha value is -0.770. The number of hydrogen-bond donors (Lipinski definition) is 1. The van der Waals surface area contributed by atoms with Crippen LogP contribution in [0.3, 0.4) is 0 Å². The van der Waals surface area contributed by atoms with E-state index in [2.05, 4.69) is 0 Å². The van der Waals surface area contributed by atoms with E-state index >= 15 is 0 Å². The van der Waals surface area contributed by atoms with Gasteiger partial charge in [0.1, 0.15) is 0 Å². The van der Waals surface area contributed by atoms with Gasteiger partial charge in [-0.05, 0) is 26.7 Å². The van der Waals surface area contributed by atoms with Gasteiger partial charge in [-0.2, -0.15) is 0 Å². The molecule has 0 aliphatic carbocycles. The van der Waals surface area contributed by atoms with Gasteiger partial charge in [-0.25, -0.2) is 4.79 Å². The van der Waals surface area contributed by atoms with Gasteiger partial charge in [0.15, 0.2) is 0 Å². The molecule has 0 aromatic rings. The normalized spacial score (nSPS) is 18.4. The number of carbonyl (C=O) groups is 1. The third-order valence-corrected chi connectivity index (χ3v) is 2.84. The molecule has 1 aliphatic heterocycles. The molecule has 1 aliphatic rings. The number of carbonyl (C=O) groups excluding carboxylic acids is 1. The third kappa shape index (κ3) is 2.61. The van der Waals surface area contributed by atoms with Crippen molar-refractivity contribution in [2.75, 3.05) is 26.2 Å². The fourth-order valence-electron chi connectivity index (χ4n) is 1.78. The van der Waals surface area contributed by atoms with Crippen LogP contribution in [-0.2, 0) is 0 Å². The van der Waals surface area contributed by atoms with E-state index in [1.165, 1.54) is 0 Å². The van der Waals surface area contributed by atoms with Crippen LogP contribution in [0.15, 0.2) is 0 Å². The molecule has 0 bridgehead atoms. The minimum atomic E-state index is 0.168. The molecule has 4 heteroatoms. The maximum absolute atomic E-state index is 11.9. The number of hydrogen-bond acceptors (Lipinski definition) is 2. The molecule has 82 valence electrons. The fraction of sp³-hybridized carbons (Fsp3) is 0.900. The lowest BCUT2D eigenvalue weighted by atomic mass is 10.1. The van der Waals surface area contributed by atoms with Crippen molar-refractivity contribution in [1.82, 2.24) is 9.80 Å². The molecule has 4 nitrogen and oxygen atoms in total. The minimum absolute atomic E-state index is 0.168. The standard InChI is InChI=1S/C10H21N3O/c1-3-12(4-2)10(14)13-7-5-9(11)6-8-13/h9H,3-8,11H2,1-2H3. The zero-order valence-electron chi connectivity index (χ0n) is 9.20. The number of urea groups is 1. The van der Waals surface area contributed by atoms with Gasteiger partial charge in [-0.1, -0.05) is 0 Å². The van der Waals surface area contributed by atoms with E-state index < -0.39 is 0 Å². The van der Waals surface area contributed by atoms with E-state index in [4.69, 9.17) is 5.73 Å². The molecule has 2 amide bonds. The van der Waals surface area contributed by atoms with Crippen LogP contribution >= 0.6 is 0 Å². The van der Waals surface area contributed by atoms with Gasteiger partial charge in [0.2, 0.25) is 0 Å². The predicted octanol–water partition coefficient (Wildman–Crippen LogP) is 0.871. The molecule has 1 heterocycles. The molecular weight excluding hydrogens is 178 g/mol. The van der Waals surface area contributed by atoms with Crippen LogP contribution in [0.4, 0.5) is 4.79 Å². The van der Waals surface area contributed by atoms with Crippen molar-refractivity contribution in [3.8, 4) is 0 Å². The SMILES string of the molecule is CCN(CC)C(=O)N1CCC(N)CC1. The third-order valence-electron chi connectivity index (χ3n) is 2.84. The van der Waals surface area contributed by atoms with Gasteiger partial charge >= 0.3 is 6.03 Å². The highest BCUT2D eigenvalue weighted by molar-refractivity contribution is 5.74. The Balaban J connectivity index is 2.44. The molecule has 14 heavy (non-hydrogen) atoms. The summed E-state index contributed by atoms with van der Waals surface area (Å²) < 4.78 is 0. The van der Waals surface area contributed by atoms with Gasteiger partial charge in [0, 0.05) is 32.2 Å². The van der Waals surface area contributed by atoms with Crippen molar-refractivity contribution in [3.63, 3.8) is 0 Å². The van der Waals surface area contributed by atoms with E-state index in [1.54, 1.807) is 0 Å². The fourth-order valence-corrected chi connectivity index (χ4v) is 1.78. The average molecular weight is 199 g/mol. The summed E-state index contributed by atoms with van der Waals surface area (Å²) >= 11 is 0. The van der Waals surface area contributed by atoms with Crippen molar-refractivity contribution >= 4 is 6.03 Å². The average Bonchev–Trinajstić information content (AvgIpc) is 2.20. The predicted molar refractivity (Wildman–Crippen MR) is 57.1 cm³/mol. The van der Waals surface area contributed by atoms with Crippen molar-refractivity contribution in [3.05, 3.63) is 0 Å². The molecule has 1 rings (SSSR count). The molecule has 0 atom stereocenters. The Morgan fingerprint density at radius 2 is 1.86 bits per heavy atom. The van der Waals surface area contributed by atoms with Gasteiger partial charge in [0.05, 0.1) is 0 Å². The summed E-state index contributed by atoms with van der Waals surface area (Å²) in [5, 5.41) is 0. The molecule has 0 radical (unpaired) electrons. The second-order valence-electron chi connectivity index (χ2n) is 3.78. The minimum Gasteiger partial charge on any atom is -0.328 e. The molecule has 0 spiro atoms. The second kappa shape index (κ2) is 5.20. The summed E-state index contributed by atoms with van der Waals surface area (Å²) in [7, 11) is 0. The summed E-state index contributed by atoms with van der Waals surface area (Å²) in [6, 6.07) is 0.456. The lowest BCUT2D eigenvalue weighted by Crippen LogP contribution is -2.48. The largest absolute Gasteiger partial charge is 0.328 e. The first-order valence-corrected chi connectivity index (χ1v) is 5.48. The van der Waals surface area contributed by atoms with Crippen LogP contribution in [0, 0.1) is 0 Å². The van der Waals surface area contributed by atoms with E-state index in [0.717, 1.165) is 39.0 Å². The van der Waals surface area contributed by atoms with Crippen molar-refractivity contribution < 1.29 is 4.79 Å². The van der Waals surface area contributed by atoms with E-state index in [-0.39, 0.29) is 12.1 Å². The highest BCUT2D eigenvalue weighted by atomic mass is 16.2. The Morgan fingerprint density at radius 3 is 2.29 bits per heavy atom. The van der Waals surface area contributed by atoms with Crippen LogP contribution in [0.25, 0.3) is 0 Å². The first-order chi connectivity index (χ1) is 6.69. The zero-order valence-corrected chi connectivity index (χ0v) is 9.20. The van der Waals surface area contributed by atoms with Crippen LogP contribution in [0.5, 0.6) is 0 Å². The Kier molecular flexibility index (Phi) is 4.20. The van der Waals surface area contributed by atoms with Gasteiger partial charge in [0.25, 0.3) is 0 Å². The molecule has 1 saturated heterocycles. The highest BCUT2D eigenvalue weighted by Crippen LogP contribution is 2.10. The van der Waals surface area contributed by atoms with Crippen LogP contribution in [0.2, 0.25) is 0 Å². The Bertz CT molecular complexity index is 184. The van der Waals surface area contributed by atoms with Crippen molar-refractivity contribution in [2.45, 2.75) is 32.7 Å². The summed E-state index contributed by atoms with van der Waals surface area (Å²) in [5.74, 6) is 0. The second-order valence-corrected chi connectivity index (χ2v) is 3.78. The topological polar surface area (TPSA) is 49.6 Å². The number of nitrogens with zero attached hydrogens (tertiary/aromatic N) is 2. The van der Waals surface area contributed by atoms with Gasteiger partial charge in [-0.15, -0.1) is 0 Å². The van der Waals surface area contributed by atoms with Crippen LogP contribution in [-0.4, -0.2) is 48.1 Å². The monoisotopic (exact) mass is 199 g/mol. The summed E-state index contributed by atoms with van der Waals surface area (Å²) in [6.07, 6.45) is 1.88. The van der Waals surface area contributed by atoms with Crippen molar-refractivity contribution in [2.24, 2.45) is 5.73 Å². The van der Waals surface area contributed by atoms with Crippen LogP contribution in [0.1, 0.15) is 26.7 Å². The summed E-state index contributed by atoms with van der Waals surface area (Å²) in [6.45, 7) is 7.23. The zero-order chi connectivity index (χ0) is 10.6. The molecular formula is C10H21N3O. The number of rotatable bonds is 2. The van der Waals surface area contributed by atoms with Gasteiger partial charge in [-0.3, -0.25) is 0 Å². The van der Waals surface area contributed by atoms with E-state index in [9.17, 15) is 4.79 Å². The molecule has 2 N–H and O–H groups in total. The van der Waals surface area contributed by atoms with E-state index in [1.807, 2.05) is 23.6 Å². The summed E-state index contributed by atoms with van der Waals surface area (Å²) in [4.78, 5) is 15.6. The number of piperidine rings is 1. The maximum atomic E-state index is 11.9. The Labute approximate surface area is 86.0 Å². The lowest BCUT2D eigenvalue weighted by molar-refractivity contribution is 0.144. The molecule has 0 unspecified atom stereocenters. The number of amides is 2. The molecule has 0 aromatic heterocycles. The first-order valence-electron chi connectivity index (χ1n) is 5.48. The van der Waals surface area contributed by atoms with Crippen molar-refractivity contribution in [1.29, 1.82) is 0 Å². The van der Waals surface area contributed by atoms with Gasteiger partial charge < -0.3 is 15.5 Å². The van der Waals surface area contributed by atoms with E-state index in [0.29, 0.717) is 0 Å². The summed E-state index contributed by atoms with van der Waals surface area (Å²) in [5.41, 5.74) is 5.79. The quantitative estimate of drug-likeness (QED) is 0.717. The smallest absolute Gasteiger partial charge is 0.319 e.